The average molecular weight is 689 g/mol. The number of rotatable bonds is 17. The van der Waals surface area contributed by atoms with Crippen molar-refractivity contribution in [2.45, 2.75) is 58.4 Å². The van der Waals surface area contributed by atoms with E-state index in [1.165, 1.54) is 30.3 Å². The zero-order valence-corrected chi connectivity index (χ0v) is 29.7. The molecule has 3 aromatic rings. The minimum atomic E-state index is -3.31. The number of nitrogens with one attached hydrogen (secondary N) is 1. The molecule has 0 aliphatic rings. The Labute approximate surface area is 280 Å². The van der Waals surface area contributed by atoms with Gasteiger partial charge in [0, 0.05) is 19.6 Å². The van der Waals surface area contributed by atoms with Gasteiger partial charge in [0.1, 0.15) is 0 Å². The first-order valence-electron chi connectivity index (χ1n) is 15.5. The fraction of sp³-hybridized carbons (Fsp3) is 0.429. The first-order valence-corrected chi connectivity index (χ1v) is 19.2. The summed E-state index contributed by atoms with van der Waals surface area (Å²) in [6.45, 7) is 3.32. The van der Waals surface area contributed by atoms with Gasteiger partial charge >= 0.3 is 11.9 Å². The van der Waals surface area contributed by atoms with Crippen molar-refractivity contribution in [3.8, 4) is 0 Å². The van der Waals surface area contributed by atoms with E-state index in [1.807, 2.05) is 60.7 Å². The van der Waals surface area contributed by atoms with E-state index in [-0.39, 0.29) is 24.8 Å². The van der Waals surface area contributed by atoms with Crippen LogP contribution < -0.4 is 4.72 Å². The number of carbonyl (C=O) groups is 2. The molecule has 0 bridgehead atoms. The maximum Gasteiger partial charge on any atom is 0.309 e. The number of benzene rings is 3. The lowest BCUT2D eigenvalue weighted by Crippen LogP contribution is -2.31. The van der Waals surface area contributed by atoms with Gasteiger partial charge in [-0.1, -0.05) is 86.1 Å². The Morgan fingerprint density at radius 3 is 1.45 bits per heavy atom. The molecule has 0 heterocycles. The third-order valence-electron chi connectivity index (χ3n) is 7.30. The highest BCUT2D eigenvalue weighted by Gasteiger charge is 2.17. The molecule has 0 saturated carbocycles. The fourth-order valence-electron chi connectivity index (χ4n) is 4.52. The standard InChI is InChI=1S/C23H31NO4S.C12H17NO4S/c1-4-5-6-19-9-13-22(14-10-19)18-24(29(3,26)27)16-15-20-7-11-21(12-8-20)17-23(25)28-2;1-17-12(14)9-11-5-3-10(4-6-11)7-8-13-18(2,15)16/h7-14H,4-6,15-18H2,1-3H3;3-6,13H,7-9H2,1-2H3. The normalized spacial score (nSPS) is 11.4. The molecule has 0 fully saturated rings. The van der Waals surface area contributed by atoms with Crippen molar-refractivity contribution in [2.75, 3.05) is 39.8 Å². The molecule has 1 N–H and O–H groups in total. The third-order valence-corrected chi connectivity index (χ3v) is 9.27. The Kier molecular flexibility index (Phi) is 16.8. The number of sulfonamides is 2. The molecule has 3 rings (SSSR count). The number of carbonyl (C=O) groups excluding carboxylic acids is 2. The topological polar surface area (TPSA) is 136 Å². The van der Waals surface area contributed by atoms with E-state index < -0.39 is 20.0 Å². The number of ether oxygens (including phenoxy) is 2. The molecule has 10 nitrogen and oxygen atoms in total. The number of nitrogens with zero attached hydrogens (tertiary/aromatic N) is 1. The van der Waals surface area contributed by atoms with Gasteiger partial charge in [-0.3, -0.25) is 9.59 Å². The average Bonchev–Trinajstić information content (AvgIpc) is 3.03. The van der Waals surface area contributed by atoms with Crippen LogP contribution in [0.4, 0.5) is 0 Å². The lowest BCUT2D eigenvalue weighted by atomic mass is 10.1. The van der Waals surface area contributed by atoms with Gasteiger partial charge in [0.25, 0.3) is 0 Å². The van der Waals surface area contributed by atoms with E-state index in [4.69, 9.17) is 0 Å². The molecule has 0 atom stereocenters. The number of unbranched alkanes of at least 4 members (excludes halogenated alkanes) is 1. The largest absolute Gasteiger partial charge is 0.469 e. The number of hydrogen-bond donors (Lipinski definition) is 1. The van der Waals surface area contributed by atoms with Crippen molar-refractivity contribution >= 4 is 32.0 Å². The predicted molar refractivity (Wildman–Crippen MR) is 185 cm³/mol. The minimum absolute atomic E-state index is 0.237. The highest BCUT2D eigenvalue weighted by atomic mass is 32.2. The van der Waals surface area contributed by atoms with Crippen LogP contribution in [0.1, 0.15) is 53.1 Å². The minimum Gasteiger partial charge on any atom is -0.469 e. The van der Waals surface area contributed by atoms with Crippen molar-refractivity contribution in [1.29, 1.82) is 0 Å². The molecule has 0 amide bonds. The van der Waals surface area contributed by atoms with Crippen molar-refractivity contribution in [1.82, 2.24) is 9.03 Å². The lowest BCUT2D eigenvalue weighted by molar-refractivity contribution is -0.140. The van der Waals surface area contributed by atoms with Gasteiger partial charge in [0.05, 0.1) is 39.6 Å². The van der Waals surface area contributed by atoms with Crippen molar-refractivity contribution in [2.24, 2.45) is 0 Å². The molecule has 47 heavy (non-hydrogen) atoms. The summed E-state index contributed by atoms with van der Waals surface area (Å²) in [6.07, 6.45) is 7.47. The summed E-state index contributed by atoms with van der Waals surface area (Å²) in [5, 5.41) is 0. The first-order chi connectivity index (χ1) is 22.2. The predicted octanol–water partition coefficient (Wildman–Crippen LogP) is 4.24. The monoisotopic (exact) mass is 688 g/mol. The molecular formula is C35H48N2O8S2. The number of methoxy groups -OCH3 is 2. The van der Waals surface area contributed by atoms with Crippen LogP contribution >= 0.6 is 0 Å². The number of aryl methyl sites for hydroxylation is 1. The summed E-state index contributed by atoms with van der Waals surface area (Å²) in [5.41, 5.74) is 6.07. The van der Waals surface area contributed by atoms with Gasteiger partial charge in [-0.15, -0.1) is 0 Å². The Morgan fingerprint density at radius 2 is 1.04 bits per heavy atom. The Hall–Kier alpha value is -3.58. The van der Waals surface area contributed by atoms with Crippen LogP contribution in [-0.2, 0) is 77.8 Å². The van der Waals surface area contributed by atoms with Crippen LogP contribution in [-0.4, -0.2) is 72.9 Å². The van der Waals surface area contributed by atoms with Crippen molar-refractivity contribution in [3.63, 3.8) is 0 Å². The van der Waals surface area contributed by atoms with Gasteiger partial charge in [-0.25, -0.2) is 21.6 Å². The molecule has 0 radical (unpaired) electrons. The van der Waals surface area contributed by atoms with Crippen LogP contribution in [0.5, 0.6) is 0 Å². The number of esters is 2. The maximum atomic E-state index is 12.2. The Balaban J connectivity index is 0.000000366. The van der Waals surface area contributed by atoms with Gasteiger partial charge in [0.15, 0.2) is 0 Å². The first kappa shape index (κ1) is 39.6. The van der Waals surface area contributed by atoms with E-state index in [0.29, 0.717) is 32.5 Å². The summed E-state index contributed by atoms with van der Waals surface area (Å²) < 4.78 is 59.4. The third kappa shape index (κ3) is 16.7. The molecule has 0 aliphatic heterocycles. The SMILES string of the molecule is CCCCc1ccc(CN(CCc2ccc(CC(=O)OC)cc2)S(C)(=O)=O)cc1.COC(=O)Cc1ccc(CCNS(C)(=O)=O)cc1. The lowest BCUT2D eigenvalue weighted by Gasteiger charge is -2.20. The van der Waals surface area contributed by atoms with Crippen LogP contribution in [0.25, 0.3) is 0 Å². The summed E-state index contributed by atoms with van der Waals surface area (Å²) in [5.74, 6) is -0.553. The summed E-state index contributed by atoms with van der Waals surface area (Å²) in [7, 11) is -3.72. The molecule has 12 heteroatoms. The quantitative estimate of drug-likeness (QED) is 0.208. The molecule has 0 aliphatic carbocycles. The summed E-state index contributed by atoms with van der Waals surface area (Å²) in [6, 6.07) is 23.3. The summed E-state index contributed by atoms with van der Waals surface area (Å²) in [4.78, 5) is 22.4. The smallest absolute Gasteiger partial charge is 0.309 e. The molecule has 0 saturated heterocycles. The second-order valence-electron chi connectivity index (χ2n) is 11.3. The molecule has 3 aromatic carbocycles. The molecule has 0 aromatic heterocycles. The van der Waals surface area contributed by atoms with E-state index in [0.717, 1.165) is 53.3 Å². The highest BCUT2D eigenvalue weighted by Crippen LogP contribution is 2.14. The van der Waals surface area contributed by atoms with Crippen LogP contribution in [0.3, 0.4) is 0 Å². The van der Waals surface area contributed by atoms with E-state index in [1.54, 1.807) is 0 Å². The second-order valence-corrected chi connectivity index (χ2v) is 15.1. The van der Waals surface area contributed by atoms with Gasteiger partial charge in [-0.2, -0.15) is 4.31 Å². The second kappa shape index (κ2) is 19.9. The van der Waals surface area contributed by atoms with Gasteiger partial charge in [-0.05, 0) is 59.1 Å². The number of hydrogen-bond acceptors (Lipinski definition) is 8. The molecule has 0 spiro atoms. The highest BCUT2D eigenvalue weighted by molar-refractivity contribution is 7.88. The zero-order valence-electron chi connectivity index (χ0n) is 28.0. The molecule has 258 valence electrons. The Bertz CT molecular complexity index is 1610. The maximum absolute atomic E-state index is 12.2. The van der Waals surface area contributed by atoms with Crippen LogP contribution in [0.15, 0.2) is 72.8 Å². The van der Waals surface area contributed by atoms with E-state index in [2.05, 4.69) is 33.3 Å². The molecular weight excluding hydrogens is 641 g/mol. The fourth-order valence-corrected chi connectivity index (χ4v) is 5.80. The van der Waals surface area contributed by atoms with Crippen molar-refractivity contribution < 1.29 is 35.9 Å². The van der Waals surface area contributed by atoms with Crippen LogP contribution in [0.2, 0.25) is 0 Å². The van der Waals surface area contributed by atoms with E-state index in [9.17, 15) is 26.4 Å². The Morgan fingerprint density at radius 1 is 0.638 bits per heavy atom. The van der Waals surface area contributed by atoms with Crippen LogP contribution in [0, 0.1) is 0 Å². The molecule has 0 unspecified atom stereocenters. The van der Waals surface area contributed by atoms with Gasteiger partial charge < -0.3 is 9.47 Å². The zero-order chi connectivity index (χ0) is 34.9. The van der Waals surface area contributed by atoms with Gasteiger partial charge in [0.2, 0.25) is 20.0 Å². The van der Waals surface area contributed by atoms with Crippen molar-refractivity contribution in [3.05, 3.63) is 106 Å². The van der Waals surface area contributed by atoms with E-state index >= 15 is 0 Å². The summed E-state index contributed by atoms with van der Waals surface area (Å²) >= 11 is 0.